The van der Waals surface area contributed by atoms with Crippen LogP contribution >= 0.6 is 0 Å². The Bertz CT molecular complexity index is 703. The number of hydrogen-bond acceptors (Lipinski definition) is 4. The van der Waals surface area contributed by atoms with Gasteiger partial charge in [0.25, 0.3) is 0 Å². The first-order chi connectivity index (χ1) is 11.6. The van der Waals surface area contributed by atoms with Gasteiger partial charge in [0, 0.05) is 12.2 Å². The molecular formula is C19H21N3O2. The van der Waals surface area contributed by atoms with E-state index < -0.39 is 0 Å². The van der Waals surface area contributed by atoms with Crippen LogP contribution in [0.1, 0.15) is 11.1 Å². The molecule has 24 heavy (non-hydrogen) atoms. The van der Waals surface area contributed by atoms with Crippen molar-refractivity contribution in [1.29, 1.82) is 5.26 Å². The molecular weight excluding hydrogens is 302 g/mol. The van der Waals surface area contributed by atoms with E-state index in [1.165, 1.54) is 0 Å². The first-order valence-corrected chi connectivity index (χ1v) is 7.75. The molecule has 124 valence electrons. The van der Waals surface area contributed by atoms with E-state index in [0.717, 1.165) is 11.3 Å². The first-order valence-electron chi connectivity index (χ1n) is 7.75. The molecule has 5 nitrogen and oxygen atoms in total. The topological polar surface area (TPSA) is 65.4 Å². The Balaban J connectivity index is 1.70. The van der Waals surface area contributed by atoms with E-state index in [1.807, 2.05) is 43.1 Å². The van der Waals surface area contributed by atoms with Crippen molar-refractivity contribution < 1.29 is 9.53 Å². The summed E-state index contributed by atoms with van der Waals surface area (Å²) in [5.41, 5.74) is 2.56. The predicted molar refractivity (Wildman–Crippen MR) is 94.0 cm³/mol. The lowest BCUT2D eigenvalue weighted by Gasteiger charge is -2.16. The van der Waals surface area contributed by atoms with Crippen molar-refractivity contribution in [3.8, 4) is 11.8 Å². The lowest BCUT2D eigenvalue weighted by atomic mass is 10.2. The van der Waals surface area contributed by atoms with E-state index in [9.17, 15) is 4.79 Å². The molecule has 2 aromatic carbocycles. The smallest absolute Gasteiger partial charge is 0.238 e. The van der Waals surface area contributed by atoms with Crippen LogP contribution in [0.4, 0.5) is 5.69 Å². The molecule has 2 rings (SSSR count). The van der Waals surface area contributed by atoms with Gasteiger partial charge in [0.1, 0.15) is 12.4 Å². The summed E-state index contributed by atoms with van der Waals surface area (Å²) in [4.78, 5) is 13.9. The summed E-state index contributed by atoms with van der Waals surface area (Å²) in [6, 6.07) is 16.7. The molecule has 0 aromatic heterocycles. The zero-order valence-electron chi connectivity index (χ0n) is 14.0. The molecule has 1 amide bonds. The second kappa shape index (κ2) is 8.70. The van der Waals surface area contributed by atoms with E-state index in [2.05, 4.69) is 11.4 Å². The van der Waals surface area contributed by atoms with Gasteiger partial charge in [0.15, 0.2) is 0 Å². The SMILES string of the molecule is Cc1ccc(NC(=O)CN(C)CCOc2ccc(C#N)cc2)cc1. The maximum atomic E-state index is 12.0. The van der Waals surface area contributed by atoms with Gasteiger partial charge < -0.3 is 10.1 Å². The van der Waals surface area contributed by atoms with Crippen molar-refractivity contribution >= 4 is 11.6 Å². The molecule has 0 aliphatic rings. The lowest BCUT2D eigenvalue weighted by molar-refractivity contribution is -0.117. The van der Waals surface area contributed by atoms with Gasteiger partial charge in [-0.1, -0.05) is 17.7 Å². The average Bonchev–Trinajstić information content (AvgIpc) is 2.57. The highest BCUT2D eigenvalue weighted by Crippen LogP contribution is 2.11. The zero-order chi connectivity index (χ0) is 17.4. The molecule has 0 heterocycles. The number of nitriles is 1. The minimum Gasteiger partial charge on any atom is -0.492 e. The number of carbonyl (C=O) groups is 1. The van der Waals surface area contributed by atoms with Gasteiger partial charge in [-0.3, -0.25) is 9.69 Å². The Morgan fingerprint density at radius 3 is 2.46 bits per heavy atom. The largest absolute Gasteiger partial charge is 0.492 e. The summed E-state index contributed by atoms with van der Waals surface area (Å²) in [5.74, 6) is 0.659. The molecule has 0 fully saturated rings. The number of nitrogens with one attached hydrogen (secondary N) is 1. The van der Waals surface area contributed by atoms with Crippen molar-refractivity contribution in [3.63, 3.8) is 0 Å². The molecule has 0 saturated carbocycles. The molecule has 0 unspecified atom stereocenters. The fourth-order valence-corrected chi connectivity index (χ4v) is 2.11. The quantitative estimate of drug-likeness (QED) is 0.851. The fourth-order valence-electron chi connectivity index (χ4n) is 2.11. The second-order valence-electron chi connectivity index (χ2n) is 5.64. The number of aryl methyl sites for hydroxylation is 1. The minimum absolute atomic E-state index is 0.0558. The van der Waals surface area contributed by atoms with Crippen molar-refractivity contribution in [2.24, 2.45) is 0 Å². The average molecular weight is 323 g/mol. The van der Waals surface area contributed by atoms with Crippen LogP contribution in [-0.4, -0.2) is 37.6 Å². The zero-order valence-corrected chi connectivity index (χ0v) is 14.0. The van der Waals surface area contributed by atoms with E-state index in [1.54, 1.807) is 24.3 Å². The maximum absolute atomic E-state index is 12.0. The van der Waals surface area contributed by atoms with Crippen molar-refractivity contribution in [2.75, 3.05) is 32.1 Å². The highest BCUT2D eigenvalue weighted by atomic mass is 16.5. The first kappa shape index (κ1) is 17.5. The number of benzene rings is 2. The number of likely N-dealkylation sites (N-methyl/N-ethyl adjacent to an activating group) is 1. The van der Waals surface area contributed by atoms with Crippen LogP contribution in [0.5, 0.6) is 5.75 Å². The molecule has 1 N–H and O–H groups in total. The van der Waals surface area contributed by atoms with E-state index in [4.69, 9.17) is 10.00 Å². The molecule has 5 heteroatoms. The number of amides is 1. The third-order valence-corrected chi connectivity index (χ3v) is 3.47. The van der Waals surface area contributed by atoms with Crippen molar-refractivity contribution in [3.05, 3.63) is 59.7 Å². The van der Waals surface area contributed by atoms with Gasteiger partial charge in [-0.25, -0.2) is 0 Å². The lowest BCUT2D eigenvalue weighted by Crippen LogP contribution is -2.33. The minimum atomic E-state index is -0.0558. The van der Waals surface area contributed by atoms with E-state index >= 15 is 0 Å². The van der Waals surface area contributed by atoms with Gasteiger partial charge >= 0.3 is 0 Å². The summed E-state index contributed by atoms with van der Waals surface area (Å²) < 4.78 is 5.61. The molecule has 0 spiro atoms. The van der Waals surface area contributed by atoms with Crippen molar-refractivity contribution in [1.82, 2.24) is 4.90 Å². The molecule has 0 saturated heterocycles. The Kier molecular flexibility index (Phi) is 6.35. The number of nitrogens with zero attached hydrogens (tertiary/aromatic N) is 2. The fraction of sp³-hybridized carbons (Fsp3) is 0.263. The molecule has 0 radical (unpaired) electrons. The Hall–Kier alpha value is -2.84. The van der Waals surface area contributed by atoms with Gasteiger partial charge in [-0.15, -0.1) is 0 Å². The maximum Gasteiger partial charge on any atom is 0.238 e. The van der Waals surface area contributed by atoms with Gasteiger partial charge in [0.2, 0.25) is 5.91 Å². The van der Waals surface area contributed by atoms with Gasteiger partial charge in [-0.05, 0) is 50.4 Å². The monoisotopic (exact) mass is 323 g/mol. The van der Waals surface area contributed by atoms with Crippen LogP contribution in [0.15, 0.2) is 48.5 Å². The predicted octanol–water partition coefficient (Wildman–Crippen LogP) is 2.82. The molecule has 0 bridgehead atoms. The number of ether oxygens (including phenoxy) is 1. The standard InChI is InChI=1S/C19H21N3O2/c1-15-3-7-17(8-4-15)21-19(23)14-22(2)11-12-24-18-9-5-16(13-20)6-10-18/h3-10H,11-12,14H2,1-2H3,(H,21,23). The summed E-state index contributed by atoms with van der Waals surface area (Å²) in [6.45, 7) is 3.40. The molecule has 0 aliphatic heterocycles. The number of anilines is 1. The normalized spacial score (nSPS) is 10.2. The third kappa shape index (κ3) is 5.75. The molecule has 2 aromatic rings. The summed E-state index contributed by atoms with van der Waals surface area (Å²) in [5, 5.41) is 11.6. The van der Waals surface area contributed by atoms with Crippen LogP contribution in [-0.2, 0) is 4.79 Å². The van der Waals surface area contributed by atoms with E-state index in [0.29, 0.717) is 31.0 Å². The molecule has 0 aliphatic carbocycles. The second-order valence-corrected chi connectivity index (χ2v) is 5.64. The van der Waals surface area contributed by atoms with Crippen LogP contribution in [0.2, 0.25) is 0 Å². The number of hydrogen-bond donors (Lipinski definition) is 1. The third-order valence-electron chi connectivity index (χ3n) is 3.47. The summed E-state index contributed by atoms with van der Waals surface area (Å²) in [7, 11) is 1.87. The highest BCUT2D eigenvalue weighted by Gasteiger charge is 2.07. The number of carbonyl (C=O) groups excluding carboxylic acids is 1. The molecule has 0 atom stereocenters. The summed E-state index contributed by atoms with van der Waals surface area (Å²) in [6.07, 6.45) is 0. The summed E-state index contributed by atoms with van der Waals surface area (Å²) >= 11 is 0. The van der Waals surface area contributed by atoms with Crippen LogP contribution in [0.3, 0.4) is 0 Å². The highest BCUT2D eigenvalue weighted by molar-refractivity contribution is 5.92. The van der Waals surface area contributed by atoms with Crippen LogP contribution < -0.4 is 10.1 Å². The van der Waals surface area contributed by atoms with Gasteiger partial charge in [-0.2, -0.15) is 5.26 Å². The van der Waals surface area contributed by atoms with Crippen molar-refractivity contribution in [2.45, 2.75) is 6.92 Å². The van der Waals surface area contributed by atoms with E-state index in [-0.39, 0.29) is 5.91 Å². The Morgan fingerprint density at radius 1 is 1.17 bits per heavy atom. The Labute approximate surface area is 142 Å². The number of rotatable bonds is 7. The van der Waals surface area contributed by atoms with Gasteiger partial charge in [0.05, 0.1) is 18.2 Å². The van der Waals surface area contributed by atoms with Crippen LogP contribution in [0, 0.1) is 18.3 Å². The van der Waals surface area contributed by atoms with Crippen LogP contribution in [0.25, 0.3) is 0 Å². The Morgan fingerprint density at radius 2 is 1.83 bits per heavy atom.